The molecule has 1 aliphatic rings. The Morgan fingerprint density at radius 2 is 1.32 bits per heavy atom. The fourth-order valence-corrected chi connectivity index (χ4v) is 6.01. The molecular weight excluding hydrogens is 504 g/mol. The number of nitrogens with one attached hydrogen (secondary N) is 2. The smallest absolute Gasteiger partial charge is 0.243 e. The summed E-state index contributed by atoms with van der Waals surface area (Å²) in [6.07, 6.45) is 0. The summed E-state index contributed by atoms with van der Waals surface area (Å²) in [5.41, 5.74) is 2.98. The molecule has 2 N–H and O–H groups in total. The number of sulfonamides is 1. The van der Waals surface area contributed by atoms with Gasteiger partial charge in [-0.25, -0.2) is 8.42 Å². The van der Waals surface area contributed by atoms with Crippen molar-refractivity contribution in [2.45, 2.75) is 24.8 Å². The van der Waals surface area contributed by atoms with Crippen LogP contribution in [0, 0.1) is 5.92 Å². The molecule has 0 saturated carbocycles. The Morgan fingerprint density at radius 1 is 0.811 bits per heavy atom. The summed E-state index contributed by atoms with van der Waals surface area (Å²) in [4.78, 5) is 14.4. The van der Waals surface area contributed by atoms with Crippen LogP contribution in [0.1, 0.15) is 31.0 Å². The highest BCUT2D eigenvalue weighted by molar-refractivity contribution is 7.89. The largest absolute Gasteiger partial charge is 0.332 e. The van der Waals surface area contributed by atoms with Crippen LogP contribution in [0.3, 0.4) is 0 Å². The van der Waals surface area contributed by atoms with Crippen molar-refractivity contribution < 1.29 is 13.2 Å². The first kappa shape index (κ1) is 26.9. The highest BCUT2D eigenvalue weighted by atomic mass is 32.2. The summed E-state index contributed by atoms with van der Waals surface area (Å²) in [5.74, 6) is -0.374. The van der Waals surface area contributed by atoms with Crippen LogP contribution in [0.4, 0.5) is 5.69 Å². The predicted molar refractivity (Wildman–Crippen MR) is 151 cm³/mol. The van der Waals surface area contributed by atoms with Crippen LogP contribution < -0.4 is 10.6 Å². The number of piperazine rings is 1. The molecule has 7 nitrogen and oxygen atoms in total. The van der Waals surface area contributed by atoms with Gasteiger partial charge in [-0.05, 0) is 47.6 Å². The molecule has 3 aromatic rings. The molecule has 1 saturated heterocycles. The number of carbonyl (C=O) groups is 1. The Balaban J connectivity index is 1.42. The third-order valence-corrected chi connectivity index (χ3v) is 8.50. The van der Waals surface area contributed by atoms with Crippen LogP contribution in [0.15, 0.2) is 89.8 Å². The summed E-state index contributed by atoms with van der Waals surface area (Å²) in [5, 5.41) is 5.71. The van der Waals surface area contributed by atoms with E-state index >= 15 is 0 Å². The van der Waals surface area contributed by atoms with Gasteiger partial charge in [0.2, 0.25) is 15.9 Å². The summed E-state index contributed by atoms with van der Waals surface area (Å²) in [6, 6.07) is 27.1. The van der Waals surface area contributed by atoms with Crippen molar-refractivity contribution >= 4 is 38.9 Å². The standard InChI is InChI=1S/C28H32N4O3S2/c1-21(2)27(33)30-28(36)29-24-13-15-25(16-14-24)37(34,35)32-19-17-31(18-20-32)26(22-9-5-3-6-10-22)23-11-7-4-8-12-23/h3-16,21,26H,17-20H2,1-2H3,(H2,29,30,33,36). The van der Waals surface area contributed by atoms with Crippen LogP contribution >= 0.6 is 12.2 Å². The van der Waals surface area contributed by atoms with Gasteiger partial charge in [-0.15, -0.1) is 0 Å². The van der Waals surface area contributed by atoms with E-state index in [-0.39, 0.29) is 27.9 Å². The third-order valence-electron chi connectivity index (χ3n) is 6.38. The molecule has 37 heavy (non-hydrogen) atoms. The quantitative estimate of drug-likeness (QED) is 0.440. The van der Waals surface area contributed by atoms with Crippen molar-refractivity contribution in [2.75, 3.05) is 31.5 Å². The summed E-state index contributed by atoms with van der Waals surface area (Å²) in [7, 11) is -3.64. The second kappa shape index (κ2) is 12.0. The number of nitrogens with zero attached hydrogens (tertiary/aromatic N) is 2. The molecule has 0 bridgehead atoms. The minimum absolute atomic E-state index is 0.0673. The number of rotatable bonds is 7. The lowest BCUT2D eigenvalue weighted by Gasteiger charge is -2.39. The maximum Gasteiger partial charge on any atom is 0.243 e. The summed E-state index contributed by atoms with van der Waals surface area (Å²) < 4.78 is 28.3. The predicted octanol–water partition coefficient (Wildman–Crippen LogP) is 4.25. The molecule has 1 amide bonds. The van der Waals surface area contributed by atoms with Gasteiger partial charge < -0.3 is 10.6 Å². The van der Waals surface area contributed by atoms with Gasteiger partial charge in [0.1, 0.15) is 0 Å². The fourth-order valence-electron chi connectivity index (χ4n) is 4.36. The summed E-state index contributed by atoms with van der Waals surface area (Å²) >= 11 is 5.17. The monoisotopic (exact) mass is 536 g/mol. The van der Waals surface area contributed by atoms with E-state index in [1.807, 2.05) is 36.4 Å². The van der Waals surface area contributed by atoms with Gasteiger partial charge in [-0.3, -0.25) is 9.69 Å². The maximum absolute atomic E-state index is 13.4. The highest BCUT2D eigenvalue weighted by Crippen LogP contribution is 2.30. The second-order valence-corrected chi connectivity index (χ2v) is 11.6. The van der Waals surface area contributed by atoms with Crippen LogP contribution in [-0.4, -0.2) is 54.8 Å². The van der Waals surface area contributed by atoms with Crippen molar-refractivity contribution in [3.8, 4) is 0 Å². The molecule has 0 radical (unpaired) electrons. The minimum Gasteiger partial charge on any atom is -0.332 e. The number of hydrogen-bond donors (Lipinski definition) is 2. The lowest BCUT2D eigenvalue weighted by molar-refractivity contribution is -0.122. The van der Waals surface area contributed by atoms with Gasteiger partial charge in [0.25, 0.3) is 0 Å². The van der Waals surface area contributed by atoms with Gasteiger partial charge in [-0.2, -0.15) is 4.31 Å². The number of thiocarbonyl (C=S) groups is 1. The van der Waals surface area contributed by atoms with Crippen molar-refractivity contribution in [1.29, 1.82) is 0 Å². The van der Waals surface area contributed by atoms with Crippen LogP contribution in [0.5, 0.6) is 0 Å². The molecule has 1 aliphatic heterocycles. The van der Waals surface area contributed by atoms with Gasteiger partial charge in [0.05, 0.1) is 10.9 Å². The molecule has 0 spiro atoms. The zero-order valence-corrected chi connectivity index (χ0v) is 22.6. The molecule has 1 heterocycles. The molecule has 0 atom stereocenters. The first-order valence-corrected chi connectivity index (χ1v) is 14.2. The lowest BCUT2D eigenvalue weighted by Crippen LogP contribution is -2.49. The molecule has 9 heteroatoms. The highest BCUT2D eigenvalue weighted by Gasteiger charge is 2.32. The molecular formula is C28H32N4O3S2. The fraction of sp³-hybridized carbons (Fsp3) is 0.286. The molecule has 0 aliphatic carbocycles. The SMILES string of the molecule is CC(C)C(=O)NC(=S)Nc1ccc(S(=O)(=O)N2CCN(C(c3ccccc3)c3ccccc3)CC2)cc1. The Labute approximate surface area is 224 Å². The molecule has 194 valence electrons. The van der Waals surface area contributed by atoms with E-state index in [1.54, 1.807) is 42.4 Å². The van der Waals surface area contributed by atoms with Gasteiger partial charge in [0, 0.05) is 37.8 Å². The normalized spacial score (nSPS) is 15.0. The molecule has 4 rings (SSSR count). The van der Waals surface area contributed by atoms with Crippen LogP contribution in [0.25, 0.3) is 0 Å². The van der Waals surface area contributed by atoms with E-state index in [0.717, 1.165) is 0 Å². The zero-order chi connectivity index (χ0) is 26.4. The lowest BCUT2D eigenvalue weighted by atomic mass is 9.96. The van der Waals surface area contributed by atoms with E-state index in [2.05, 4.69) is 39.8 Å². The van der Waals surface area contributed by atoms with E-state index in [1.165, 1.54) is 11.1 Å². The topological polar surface area (TPSA) is 81.8 Å². The van der Waals surface area contributed by atoms with Crippen molar-refractivity contribution in [2.24, 2.45) is 5.92 Å². The average Bonchev–Trinajstić information content (AvgIpc) is 2.90. The van der Waals surface area contributed by atoms with Gasteiger partial charge in [0.15, 0.2) is 5.11 Å². The van der Waals surface area contributed by atoms with E-state index in [4.69, 9.17) is 12.2 Å². The maximum atomic E-state index is 13.4. The average molecular weight is 537 g/mol. The first-order chi connectivity index (χ1) is 17.8. The van der Waals surface area contributed by atoms with Crippen LogP contribution in [0.2, 0.25) is 0 Å². The minimum atomic E-state index is -3.64. The van der Waals surface area contributed by atoms with E-state index in [9.17, 15) is 13.2 Å². The molecule has 1 fully saturated rings. The third kappa shape index (κ3) is 6.61. The number of amides is 1. The molecule has 0 unspecified atom stereocenters. The van der Waals surface area contributed by atoms with E-state index < -0.39 is 10.0 Å². The van der Waals surface area contributed by atoms with Crippen molar-refractivity contribution in [1.82, 2.24) is 14.5 Å². The number of anilines is 1. The Morgan fingerprint density at radius 3 is 1.81 bits per heavy atom. The van der Waals surface area contributed by atoms with Gasteiger partial charge in [-0.1, -0.05) is 74.5 Å². The van der Waals surface area contributed by atoms with Crippen molar-refractivity contribution in [3.05, 3.63) is 96.1 Å². The number of benzene rings is 3. The Bertz CT molecular complexity index is 1270. The van der Waals surface area contributed by atoms with Crippen molar-refractivity contribution in [3.63, 3.8) is 0 Å². The molecule has 0 aromatic heterocycles. The first-order valence-electron chi connectivity index (χ1n) is 12.3. The number of hydrogen-bond acceptors (Lipinski definition) is 5. The second-order valence-electron chi connectivity index (χ2n) is 9.29. The Kier molecular flexibility index (Phi) is 8.71. The Hall–Kier alpha value is -3.11. The number of carbonyl (C=O) groups excluding carboxylic acids is 1. The van der Waals surface area contributed by atoms with E-state index in [0.29, 0.717) is 31.9 Å². The summed E-state index contributed by atoms with van der Waals surface area (Å²) in [6.45, 7) is 5.61. The zero-order valence-electron chi connectivity index (χ0n) is 21.0. The van der Waals surface area contributed by atoms with Gasteiger partial charge >= 0.3 is 0 Å². The molecule has 3 aromatic carbocycles. The van der Waals surface area contributed by atoms with Crippen LogP contribution in [-0.2, 0) is 14.8 Å².